The van der Waals surface area contributed by atoms with Crippen molar-refractivity contribution < 1.29 is 19.4 Å². The van der Waals surface area contributed by atoms with E-state index in [9.17, 15) is 9.90 Å². The number of hydrogen-bond donors (Lipinski definition) is 1. The lowest BCUT2D eigenvalue weighted by Crippen LogP contribution is -2.33. The molecular weight excluding hydrogens is 438 g/mol. The molecule has 1 saturated heterocycles. The molecule has 1 aliphatic heterocycles. The standard InChI is InChI=1S/C30H33NO4/c1-34-26-15-9-24(10-16-26)30(21-28(30)22-5-11-25(32)12-6-22)29(33)23-7-13-27(14-8-23)35-20-19-31-17-3-2-4-18-31/h5-16,28,32H,2-4,17-21H2,1H3. The topological polar surface area (TPSA) is 59.0 Å². The highest BCUT2D eigenvalue weighted by molar-refractivity contribution is 6.07. The molecule has 5 nitrogen and oxygen atoms in total. The molecule has 0 bridgehead atoms. The van der Waals surface area contributed by atoms with Crippen LogP contribution in [0.4, 0.5) is 0 Å². The first-order valence-electron chi connectivity index (χ1n) is 12.5. The van der Waals surface area contributed by atoms with Gasteiger partial charge in [0.2, 0.25) is 0 Å². The quantitative estimate of drug-likeness (QED) is 0.413. The molecule has 3 aromatic carbocycles. The van der Waals surface area contributed by atoms with Crippen molar-refractivity contribution in [2.75, 3.05) is 33.4 Å². The van der Waals surface area contributed by atoms with Crippen molar-refractivity contribution in [1.82, 2.24) is 4.90 Å². The van der Waals surface area contributed by atoms with Crippen molar-refractivity contribution in [1.29, 1.82) is 0 Å². The second kappa shape index (κ2) is 10.1. The van der Waals surface area contributed by atoms with Gasteiger partial charge in [-0.05, 0) is 92.0 Å². The number of hydrogen-bond acceptors (Lipinski definition) is 5. The van der Waals surface area contributed by atoms with Crippen LogP contribution in [0, 0.1) is 0 Å². The lowest BCUT2D eigenvalue weighted by molar-refractivity contribution is 0.0943. The number of phenolic OH excluding ortho intramolecular Hbond substituents is 1. The minimum absolute atomic E-state index is 0.0597. The van der Waals surface area contributed by atoms with Gasteiger partial charge in [0.1, 0.15) is 23.9 Å². The molecule has 1 N–H and O–H groups in total. The van der Waals surface area contributed by atoms with Crippen molar-refractivity contribution >= 4 is 5.78 Å². The van der Waals surface area contributed by atoms with Gasteiger partial charge in [0.05, 0.1) is 12.5 Å². The van der Waals surface area contributed by atoms with Crippen molar-refractivity contribution in [2.45, 2.75) is 37.0 Å². The lowest BCUT2D eigenvalue weighted by Gasteiger charge is -2.26. The number of phenols is 1. The Kier molecular flexibility index (Phi) is 6.78. The minimum atomic E-state index is -0.625. The molecule has 5 heteroatoms. The number of methoxy groups -OCH3 is 1. The third-order valence-corrected chi connectivity index (χ3v) is 7.51. The molecule has 3 aromatic rings. The summed E-state index contributed by atoms with van der Waals surface area (Å²) in [6.45, 7) is 3.92. The number of ketones is 1. The Balaban J connectivity index is 1.33. The van der Waals surface area contributed by atoms with Crippen molar-refractivity contribution in [2.24, 2.45) is 0 Å². The molecular formula is C30H33NO4. The number of ether oxygens (including phenoxy) is 2. The number of nitrogens with zero attached hydrogens (tertiary/aromatic N) is 1. The monoisotopic (exact) mass is 471 g/mol. The van der Waals surface area contributed by atoms with Crippen LogP contribution in [-0.4, -0.2) is 49.1 Å². The molecule has 35 heavy (non-hydrogen) atoms. The van der Waals surface area contributed by atoms with E-state index in [0.29, 0.717) is 12.2 Å². The lowest BCUT2D eigenvalue weighted by atomic mass is 9.83. The molecule has 0 amide bonds. The first-order valence-corrected chi connectivity index (χ1v) is 12.5. The van der Waals surface area contributed by atoms with Crippen LogP contribution in [0.3, 0.4) is 0 Å². The summed E-state index contributed by atoms with van der Waals surface area (Å²) < 4.78 is 11.3. The number of Topliss-reactive ketones (excluding diaryl/α,β-unsaturated/α-hetero) is 1. The molecule has 1 saturated carbocycles. The second-order valence-electron chi connectivity index (χ2n) is 9.65. The zero-order chi connectivity index (χ0) is 24.3. The predicted octanol–water partition coefficient (Wildman–Crippen LogP) is 5.57. The largest absolute Gasteiger partial charge is 0.508 e. The number of likely N-dealkylation sites (tertiary alicyclic amines) is 1. The molecule has 1 heterocycles. The highest BCUT2D eigenvalue weighted by Gasteiger charge is 2.61. The van der Waals surface area contributed by atoms with Crippen LogP contribution < -0.4 is 9.47 Å². The highest BCUT2D eigenvalue weighted by atomic mass is 16.5. The maximum atomic E-state index is 13.9. The van der Waals surface area contributed by atoms with Crippen molar-refractivity contribution in [3.8, 4) is 17.2 Å². The van der Waals surface area contributed by atoms with E-state index in [1.807, 2.05) is 60.7 Å². The average molecular weight is 472 g/mol. The van der Waals surface area contributed by atoms with Crippen LogP contribution >= 0.6 is 0 Å². The molecule has 2 fully saturated rings. The normalized spacial score (nSPS) is 21.9. The molecule has 2 aliphatic rings. The summed E-state index contributed by atoms with van der Waals surface area (Å²) in [5.74, 6) is 1.96. The van der Waals surface area contributed by atoms with E-state index < -0.39 is 5.41 Å². The molecule has 2 unspecified atom stereocenters. The number of benzene rings is 3. The van der Waals surface area contributed by atoms with Crippen LogP contribution in [0.25, 0.3) is 0 Å². The Morgan fingerprint density at radius 3 is 2.23 bits per heavy atom. The van der Waals surface area contributed by atoms with Crippen molar-refractivity contribution in [3.63, 3.8) is 0 Å². The number of piperidine rings is 1. The van der Waals surface area contributed by atoms with E-state index in [0.717, 1.165) is 48.7 Å². The van der Waals surface area contributed by atoms with Crippen LogP contribution in [0.5, 0.6) is 17.2 Å². The van der Waals surface area contributed by atoms with E-state index in [-0.39, 0.29) is 17.5 Å². The minimum Gasteiger partial charge on any atom is -0.508 e. The fourth-order valence-electron chi connectivity index (χ4n) is 5.40. The van der Waals surface area contributed by atoms with Gasteiger partial charge < -0.3 is 14.6 Å². The van der Waals surface area contributed by atoms with Gasteiger partial charge in [-0.25, -0.2) is 0 Å². The highest BCUT2D eigenvalue weighted by Crippen LogP contribution is 2.62. The van der Waals surface area contributed by atoms with Gasteiger partial charge in [-0.2, -0.15) is 0 Å². The summed E-state index contributed by atoms with van der Waals surface area (Å²) in [7, 11) is 1.64. The summed E-state index contributed by atoms with van der Waals surface area (Å²) in [5.41, 5.74) is 2.11. The molecule has 2 atom stereocenters. The number of aromatic hydroxyl groups is 1. The number of carbonyl (C=O) groups is 1. The summed E-state index contributed by atoms with van der Waals surface area (Å²) in [4.78, 5) is 16.4. The SMILES string of the molecule is COc1ccc(C2(C(=O)c3ccc(OCCN4CCCCC4)cc3)CC2c2ccc(O)cc2)cc1. The fraction of sp³-hybridized carbons (Fsp3) is 0.367. The van der Waals surface area contributed by atoms with Gasteiger partial charge in [-0.15, -0.1) is 0 Å². The third-order valence-electron chi connectivity index (χ3n) is 7.51. The second-order valence-corrected chi connectivity index (χ2v) is 9.65. The summed E-state index contributed by atoms with van der Waals surface area (Å²) in [5, 5.41) is 9.72. The van der Waals surface area contributed by atoms with Crippen molar-refractivity contribution in [3.05, 3.63) is 89.5 Å². The van der Waals surface area contributed by atoms with Gasteiger partial charge in [0, 0.05) is 18.0 Å². The fourth-order valence-corrected chi connectivity index (χ4v) is 5.40. The number of rotatable bonds is 9. The summed E-state index contributed by atoms with van der Waals surface area (Å²) >= 11 is 0. The average Bonchev–Trinajstić information content (AvgIpc) is 3.67. The zero-order valence-electron chi connectivity index (χ0n) is 20.3. The summed E-state index contributed by atoms with van der Waals surface area (Å²) in [6.07, 6.45) is 4.62. The first kappa shape index (κ1) is 23.4. The smallest absolute Gasteiger partial charge is 0.174 e. The third kappa shape index (κ3) is 4.92. The van der Waals surface area contributed by atoms with Crippen LogP contribution in [-0.2, 0) is 5.41 Å². The maximum absolute atomic E-state index is 13.9. The first-order chi connectivity index (χ1) is 17.1. The molecule has 0 radical (unpaired) electrons. The Morgan fingerprint density at radius 2 is 1.57 bits per heavy atom. The van der Waals surface area contributed by atoms with E-state index in [1.54, 1.807) is 19.2 Å². The zero-order valence-corrected chi connectivity index (χ0v) is 20.3. The maximum Gasteiger partial charge on any atom is 0.174 e. The predicted molar refractivity (Wildman–Crippen MR) is 137 cm³/mol. The summed E-state index contributed by atoms with van der Waals surface area (Å²) in [6, 6.07) is 22.6. The Morgan fingerprint density at radius 1 is 0.914 bits per heavy atom. The molecule has 1 aliphatic carbocycles. The molecule has 0 spiro atoms. The van der Waals surface area contributed by atoms with Gasteiger partial charge in [-0.1, -0.05) is 30.7 Å². The number of carbonyl (C=O) groups excluding carboxylic acids is 1. The van der Waals surface area contributed by atoms with E-state index in [4.69, 9.17) is 9.47 Å². The van der Waals surface area contributed by atoms with E-state index >= 15 is 0 Å². The van der Waals surface area contributed by atoms with Gasteiger partial charge in [0.15, 0.2) is 5.78 Å². The van der Waals surface area contributed by atoms with Gasteiger partial charge in [-0.3, -0.25) is 9.69 Å². The van der Waals surface area contributed by atoms with Crippen LogP contribution in [0.2, 0.25) is 0 Å². The van der Waals surface area contributed by atoms with Crippen LogP contribution in [0.15, 0.2) is 72.8 Å². The Bertz CT molecular complexity index is 1130. The van der Waals surface area contributed by atoms with E-state index in [2.05, 4.69) is 4.90 Å². The molecule has 0 aromatic heterocycles. The molecule has 5 rings (SSSR count). The molecule has 182 valence electrons. The van der Waals surface area contributed by atoms with Gasteiger partial charge >= 0.3 is 0 Å². The van der Waals surface area contributed by atoms with E-state index in [1.165, 1.54) is 19.3 Å². The Labute approximate surface area is 207 Å². The Hall–Kier alpha value is -3.31. The van der Waals surface area contributed by atoms with Crippen LogP contribution in [0.1, 0.15) is 53.1 Å². The van der Waals surface area contributed by atoms with Gasteiger partial charge in [0.25, 0.3) is 0 Å².